The number of hydrogen-bond donors (Lipinski definition) is 1. The Morgan fingerprint density at radius 3 is 2.71 bits per heavy atom. The molecule has 2 saturated heterocycles. The normalized spacial score (nSPS) is 21.5. The van der Waals surface area contributed by atoms with Crippen molar-refractivity contribution in [2.75, 3.05) is 31.8 Å². The summed E-state index contributed by atoms with van der Waals surface area (Å²) in [6, 6.07) is 11.2. The number of anilines is 1. The quantitative estimate of drug-likeness (QED) is 0.612. The number of likely N-dealkylation sites (tertiary alicyclic amines) is 1. The van der Waals surface area contributed by atoms with E-state index in [1.54, 1.807) is 4.68 Å². The van der Waals surface area contributed by atoms with Crippen LogP contribution in [0, 0.1) is 6.92 Å². The molecule has 0 unspecified atom stereocenters. The molecule has 3 aliphatic rings. The predicted octanol–water partition coefficient (Wildman–Crippen LogP) is 3.51. The molecule has 2 aromatic carbocycles. The van der Waals surface area contributed by atoms with Gasteiger partial charge in [0.15, 0.2) is 11.5 Å². The van der Waals surface area contributed by atoms with Gasteiger partial charge in [0.2, 0.25) is 6.79 Å². The molecule has 6 rings (SSSR count). The molecule has 1 amide bonds. The number of carbonyl (C=O) groups excluding carboxylic acids is 1. The first kappa shape index (κ1) is 22.0. The lowest BCUT2D eigenvalue weighted by molar-refractivity contribution is 0.0939. The minimum absolute atomic E-state index is 0.0704. The van der Waals surface area contributed by atoms with Gasteiger partial charge in [0.25, 0.3) is 5.91 Å². The lowest BCUT2D eigenvalue weighted by Crippen LogP contribution is -2.44. The maximum atomic E-state index is 13.4. The summed E-state index contributed by atoms with van der Waals surface area (Å²) in [6.45, 7) is 6.29. The average Bonchev–Trinajstić information content (AvgIpc) is 3.62. The van der Waals surface area contributed by atoms with Gasteiger partial charge in [-0.3, -0.25) is 14.4 Å². The van der Waals surface area contributed by atoms with Crippen molar-refractivity contribution in [2.24, 2.45) is 7.05 Å². The zero-order valence-electron chi connectivity index (χ0n) is 20.6. The second kappa shape index (κ2) is 8.30. The lowest BCUT2D eigenvalue weighted by atomic mass is 9.99. The van der Waals surface area contributed by atoms with E-state index in [1.165, 1.54) is 6.42 Å². The summed E-state index contributed by atoms with van der Waals surface area (Å²) in [5.41, 5.74) is 5.65. The average molecular weight is 474 g/mol. The van der Waals surface area contributed by atoms with E-state index in [4.69, 9.17) is 9.47 Å². The molecule has 182 valence electrons. The highest BCUT2D eigenvalue weighted by atomic mass is 16.7. The molecule has 3 aromatic rings. The van der Waals surface area contributed by atoms with Crippen molar-refractivity contribution in [1.29, 1.82) is 0 Å². The number of nitrogens with one attached hydrogen (secondary N) is 1. The highest BCUT2D eigenvalue weighted by molar-refractivity contribution is 5.97. The van der Waals surface area contributed by atoms with Gasteiger partial charge in [-0.05, 0) is 62.7 Å². The highest BCUT2D eigenvalue weighted by Gasteiger charge is 2.41. The molecule has 3 aliphatic heterocycles. The molecular formula is C27H31N5O3. The third-order valence-corrected chi connectivity index (χ3v) is 7.67. The monoisotopic (exact) mass is 473 g/mol. The van der Waals surface area contributed by atoms with Crippen LogP contribution in [0.25, 0.3) is 11.1 Å². The number of aromatic nitrogens is 2. The molecular weight excluding hydrogens is 442 g/mol. The molecule has 8 nitrogen and oxygen atoms in total. The van der Waals surface area contributed by atoms with Crippen molar-refractivity contribution in [3.63, 3.8) is 0 Å². The fourth-order valence-corrected chi connectivity index (χ4v) is 5.63. The summed E-state index contributed by atoms with van der Waals surface area (Å²) in [6.07, 6.45) is 4.95. The standard InChI is InChI=1S/C27H31N5O3/c1-16-5-6-20(32-14-21-9-22(32)13-30(21)3)10-23(16)27(33)29-17(2)18-7-24(19-11-28-31(4)12-19)26-25(8-18)34-15-35-26/h5-8,10-12,17,21-22H,9,13-15H2,1-4H3,(H,29,33)/t17-,21-,22-/m1/s1. The minimum Gasteiger partial charge on any atom is -0.454 e. The van der Waals surface area contributed by atoms with Crippen LogP contribution in [0.1, 0.15) is 40.9 Å². The second-order valence-corrected chi connectivity index (χ2v) is 10.0. The van der Waals surface area contributed by atoms with Crippen LogP contribution in [0.15, 0.2) is 42.7 Å². The van der Waals surface area contributed by atoms with Gasteiger partial charge in [-0.1, -0.05) is 6.07 Å². The molecule has 2 fully saturated rings. The summed E-state index contributed by atoms with van der Waals surface area (Å²) in [4.78, 5) is 18.3. The number of piperazine rings is 1. The van der Waals surface area contributed by atoms with Crippen LogP contribution < -0.4 is 19.7 Å². The van der Waals surface area contributed by atoms with E-state index >= 15 is 0 Å². The van der Waals surface area contributed by atoms with E-state index in [2.05, 4.69) is 51.5 Å². The van der Waals surface area contributed by atoms with Crippen LogP contribution in [0.5, 0.6) is 11.5 Å². The van der Waals surface area contributed by atoms with Crippen molar-refractivity contribution in [2.45, 2.75) is 38.4 Å². The Morgan fingerprint density at radius 2 is 2.00 bits per heavy atom. The Morgan fingerprint density at radius 1 is 1.14 bits per heavy atom. The van der Waals surface area contributed by atoms with E-state index in [1.807, 2.05) is 39.4 Å². The number of carbonyl (C=O) groups is 1. The number of ether oxygens (including phenoxy) is 2. The van der Waals surface area contributed by atoms with E-state index < -0.39 is 0 Å². The fraction of sp³-hybridized carbons (Fsp3) is 0.407. The van der Waals surface area contributed by atoms with Crippen molar-refractivity contribution >= 4 is 11.6 Å². The zero-order chi connectivity index (χ0) is 24.3. The van der Waals surface area contributed by atoms with Gasteiger partial charge < -0.3 is 19.7 Å². The minimum atomic E-state index is -0.216. The smallest absolute Gasteiger partial charge is 0.252 e. The van der Waals surface area contributed by atoms with E-state index in [0.29, 0.717) is 17.8 Å². The number of amides is 1. The molecule has 4 heterocycles. The number of likely N-dealkylation sites (N-methyl/N-ethyl adjacent to an activating group) is 1. The molecule has 0 saturated carbocycles. The lowest BCUT2D eigenvalue weighted by Gasteiger charge is -2.34. The topological polar surface area (TPSA) is 71.9 Å². The summed E-state index contributed by atoms with van der Waals surface area (Å²) in [7, 11) is 4.09. The van der Waals surface area contributed by atoms with Gasteiger partial charge in [-0.15, -0.1) is 0 Å². The van der Waals surface area contributed by atoms with Gasteiger partial charge in [-0.2, -0.15) is 5.10 Å². The van der Waals surface area contributed by atoms with Gasteiger partial charge in [0.05, 0.1) is 12.2 Å². The summed E-state index contributed by atoms with van der Waals surface area (Å²) in [5.74, 6) is 1.34. The van der Waals surface area contributed by atoms with Crippen molar-refractivity contribution < 1.29 is 14.3 Å². The van der Waals surface area contributed by atoms with Gasteiger partial charge in [0.1, 0.15) is 0 Å². The van der Waals surface area contributed by atoms with Crippen LogP contribution in [0.2, 0.25) is 0 Å². The molecule has 2 bridgehead atoms. The van der Waals surface area contributed by atoms with Crippen LogP contribution in [0.4, 0.5) is 5.69 Å². The fourth-order valence-electron chi connectivity index (χ4n) is 5.63. The molecule has 0 spiro atoms. The molecule has 3 atom stereocenters. The first-order valence-electron chi connectivity index (χ1n) is 12.2. The number of rotatable bonds is 5. The van der Waals surface area contributed by atoms with Crippen LogP contribution >= 0.6 is 0 Å². The van der Waals surface area contributed by atoms with Crippen LogP contribution in [-0.4, -0.2) is 59.6 Å². The first-order chi connectivity index (χ1) is 16.9. The molecule has 1 N–H and O–H groups in total. The van der Waals surface area contributed by atoms with Crippen molar-refractivity contribution in [3.8, 4) is 22.6 Å². The van der Waals surface area contributed by atoms with E-state index in [9.17, 15) is 4.79 Å². The van der Waals surface area contributed by atoms with Crippen LogP contribution in [0.3, 0.4) is 0 Å². The van der Waals surface area contributed by atoms with Crippen LogP contribution in [-0.2, 0) is 7.05 Å². The Labute approximate surface area is 205 Å². The number of benzene rings is 2. The Bertz CT molecular complexity index is 1300. The van der Waals surface area contributed by atoms with Gasteiger partial charge in [-0.25, -0.2) is 0 Å². The summed E-state index contributed by atoms with van der Waals surface area (Å²) in [5, 5.41) is 7.50. The largest absolute Gasteiger partial charge is 0.454 e. The number of fused-ring (bicyclic) bond motifs is 3. The number of hydrogen-bond acceptors (Lipinski definition) is 6. The zero-order valence-corrected chi connectivity index (χ0v) is 20.6. The van der Waals surface area contributed by atoms with E-state index in [0.717, 1.165) is 52.3 Å². The highest BCUT2D eigenvalue weighted by Crippen LogP contribution is 2.43. The van der Waals surface area contributed by atoms with Crippen molar-refractivity contribution in [3.05, 3.63) is 59.4 Å². The molecule has 1 aromatic heterocycles. The maximum absolute atomic E-state index is 13.4. The van der Waals surface area contributed by atoms with Crippen molar-refractivity contribution in [1.82, 2.24) is 20.0 Å². The number of nitrogens with zero attached hydrogens (tertiary/aromatic N) is 4. The van der Waals surface area contributed by atoms with Gasteiger partial charge in [0, 0.05) is 60.8 Å². The Kier molecular flexibility index (Phi) is 5.21. The summed E-state index contributed by atoms with van der Waals surface area (Å²) < 4.78 is 13.2. The first-order valence-corrected chi connectivity index (χ1v) is 12.2. The third-order valence-electron chi connectivity index (χ3n) is 7.67. The molecule has 35 heavy (non-hydrogen) atoms. The molecule has 0 radical (unpaired) electrons. The molecule has 8 heteroatoms. The summed E-state index contributed by atoms with van der Waals surface area (Å²) >= 11 is 0. The molecule has 0 aliphatic carbocycles. The number of aryl methyl sites for hydroxylation is 2. The Hall–Kier alpha value is -3.52. The van der Waals surface area contributed by atoms with Gasteiger partial charge >= 0.3 is 0 Å². The predicted molar refractivity (Wildman–Crippen MR) is 134 cm³/mol. The third kappa shape index (κ3) is 3.82. The van der Waals surface area contributed by atoms with E-state index in [-0.39, 0.29) is 18.7 Å². The second-order valence-electron chi connectivity index (χ2n) is 10.0. The SMILES string of the molecule is Cc1ccc(N2C[C@H]3C[C@@H]2CN3C)cc1C(=O)N[C@H](C)c1cc2c(c(-c3cnn(C)c3)c1)OCO2. The Balaban J connectivity index is 1.25. The maximum Gasteiger partial charge on any atom is 0.252 e.